The van der Waals surface area contributed by atoms with Crippen molar-refractivity contribution in [3.05, 3.63) is 47.2 Å². The Kier molecular flexibility index (Phi) is 3.24. The molecule has 1 aliphatic heterocycles. The van der Waals surface area contributed by atoms with Crippen LogP contribution < -0.4 is 0 Å². The lowest BCUT2D eigenvalue weighted by molar-refractivity contribution is -0.131. The molecule has 1 N–H and O–H groups in total. The molecule has 20 heavy (non-hydrogen) atoms. The number of rotatable bonds is 2. The van der Waals surface area contributed by atoms with Gasteiger partial charge in [-0.2, -0.15) is 0 Å². The van der Waals surface area contributed by atoms with Crippen molar-refractivity contribution < 1.29 is 9.90 Å². The van der Waals surface area contributed by atoms with Gasteiger partial charge in [-0.15, -0.1) is 0 Å². The smallest absolute Gasteiger partial charge is 0.328 e. The van der Waals surface area contributed by atoms with Gasteiger partial charge in [-0.1, -0.05) is 18.2 Å². The van der Waals surface area contributed by atoms with Gasteiger partial charge in [0.05, 0.1) is 5.52 Å². The number of para-hydroxylation sites is 1. The highest BCUT2D eigenvalue weighted by molar-refractivity contribution is 5.94. The molecule has 0 atom stereocenters. The number of nitrogens with zero attached hydrogens (tertiary/aromatic N) is 2. The number of carboxylic acids is 1. The van der Waals surface area contributed by atoms with Crippen LogP contribution in [0.5, 0.6) is 0 Å². The number of carbonyl (C=O) groups is 1. The second-order valence-corrected chi connectivity index (χ2v) is 5.13. The molecular formula is C16H16N2O2. The van der Waals surface area contributed by atoms with Gasteiger partial charge < -0.3 is 10.0 Å². The van der Waals surface area contributed by atoms with Crippen molar-refractivity contribution in [2.75, 3.05) is 13.6 Å². The molecule has 0 fully saturated rings. The van der Waals surface area contributed by atoms with Crippen LogP contribution in [0, 0.1) is 0 Å². The number of aromatic nitrogens is 1. The minimum Gasteiger partial charge on any atom is -0.478 e. The Bertz CT molecular complexity index is 707. The van der Waals surface area contributed by atoms with Crippen molar-refractivity contribution in [1.82, 2.24) is 9.88 Å². The van der Waals surface area contributed by atoms with E-state index in [1.165, 1.54) is 6.08 Å². The Morgan fingerprint density at radius 2 is 2.20 bits per heavy atom. The number of carboxylic acid groups (broad SMARTS) is 1. The second-order valence-electron chi connectivity index (χ2n) is 5.13. The van der Waals surface area contributed by atoms with Crippen molar-refractivity contribution in [2.45, 2.75) is 13.0 Å². The lowest BCUT2D eigenvalue weighted by Gasteiger charge is -2.26. The molecule has 0 radical (unpaired) electrons. The third-order valence-corrected chi connectivity index (χ3v) is 3.67. The Balaban J connectivity index is 2.26. The molecule has 0 saturated heterocycles. The number of fused-ring (bicyclic) bond motifs is 2. The summed E-state index contributed by atoms with van der Waals surface area (Å²) in [7, 11) is 2.07. The SMILES string of the molecule is CN1CCc2nc3ccccc3c(/C=C/C(=O)O)c2C1. The number of hydrogen-bond donors (Lipinski definition) is 1. The Morgan fingerprint density at radius 3 is 3.00 bits per heavy atom. The predicted molar refractivity (Wildman–Crippen MR) is 78.5 cm³/mol. The highest BCUT2D eigenvalue weighted by Gasteiger charge is 2.19. The molecule has 0 spiro atoms. The van der Waals surface area contributed by atoms with Gasteiger partial charge in [0.1, 0.15) is 0 Å². The maximum atomic E-state index is 10.8. The molecule has 1 aromatic carbocycles. The minimum absolute atomic E-state index is 0.812. The average molecular weight is 268 g/mol. The first-order valence-electron chi connectivity index (χ1n) is 6.65. The van der Waals surface area contributed by atoms with E-state index in [4.69, 9.17) is 10.1 Å². The lowest BCUT2D eigenvalue weighted by Crippen LogP contribution is -2.28. The summed E-state index contributed by atoms with van der Waals surface area (Å²) in [4.78, 5) is 17.8. The summed E-state index contributed by atoms with van der Waals surface area (Å²) in [6.45, 7) is 1.80. The molecule has 0 unspecified atom stereocenters. The number of hydrogen-bond acceptors (Lipinski definition) is 3. The predicted octanol–water partition coefficient (Wildman–Crippen LogP) is 2.32. The van der Waals surface area contributed by atoms with Gasteiger partial charge in [-0.05, 0) is 30.3 Å². The number of aliphatic carboxylic acids is 1. The van der Waals surface area contributed by atoms with Crippen LogP contribution in [0.1, 0.15) is 16.8 Å². The third-order valence-electron chi connectivity index (χ3n) is 3.67. The van der Waals surface area contributed by atoms with Crippen LogP contribution in [0.2, 0.25) is 0 Å². The lowest BCUT2D eigenvalue weighted by atomic mass is 9.95. The zero-order valence-corrected chi connectivity index (χ0v) is 11.3. The molecular weight excluding hydrogens is 252 g/mol. The molecule has 102 valence electrons. The largest absolute Gasteiger partial charge is 0.478 e. The van der Waals surface area contributed by atoms with E-state index < -0.39 is 5.97 Å². The first-order chi connectivity index (χ1) is 9.65. The fourth-order valence-corrected chi connectivity index (χ4v) is 2.70. The molecule has 0 saturated carbocycles. The van der Waals surface area contributed by atoms with Gasteiger partial charge in [0.15, 0.2) is 0 Å². The van der Waals surface area contributed by atoms with E-state index in [2.05, 4.69) is 11.9 Å². The molecule has 0 bridgehead atoms. The van der Waals surface area contributed by atoms with Crippen molar-refractivity contribution in [3.8, 4) is 0 Å². The van der Waals surface area contributed by atoms with Crippen LogP contribution >= 0.6 is 0 Å². The first-order valence-corrected chi connectivity index (χ1v) is 6.65. The summed E-state index contributed by atoms with van der Waals surface area (Å²) in [6.07, 6.45) is 3.81. The van der Waals surface area contributed by atoms with Crippen molar-refractivity contribution >= 4 is 22.9 Å². The van der Waals surface area contributed by atoms with Crippen LogP contribution in [0.15, 0.2) is 30.3 Å². The third kappa shape index (κ3) is 2.30. The minimum atomic E-state index is -0.927. The average Bonchev–Trinajstić information content (AvgIpc) is 2.43. The Labute approximate surface area is 117 Å². The van der Waals surface area contributed by atoms with E-state index in [-0.39, 0.29) is 0 Å². The Morgan fingerprint density at radius 1 is 1.40 bits per heavy atom. The summed E-state index contributed by atoms with van der Waals surface area (Å²) >= 11 is 0. The van der Waals surface area contributed by atoms with Crippen LogP contribution in [0.4, 0.5) is 0 Å². The van der Waals surface area contributed by atoms with Gasteiger partial charge in [0.2, 0.25) is 0 Å². The maximum absolute atomic E-state index is 10.8. The van der Waals surface area contributed by atoms with Crippen LogP contribution in [-0.4, -0.2) is 34.6 Å². The van der Waals surface area contributed by atoms with E-state index >= 15 is 0 Å². The molecule has 1 aliphatic rings. The topological polar surface area (TPSA) is 53.4 Å². The molecule has 0 aliphatic carbocycles. The maximum Gasteiger partial charge on any atom is 0.328 e. The first kappa shape index (κ1) is 12.8. The van der Waals surface area contributed by atoms with E-state index in [0.29, 0.717) is 0 Å². The number of likely N-dealkylation sites (N-methyl/N-ethyl adjacent to an activating group) is 1. The van der Waals surface area contributed by atoms with Crippen LogP contribution in [0.25, 0.3) is 17.0 Å². The molecule has 3 rings (SSSR count). The van der Waals surface area contributed by atoms with E-state index in [1.54, 1.807) is 6.08 Å². The van der Waals surface area contributed by atoms with Crippen molar-refractivity contribution in [2.24, 2.45) is 0 Å². The van der Waals surface area contributed by atoms with Gasteiger partial charge in [0, 0.05) is 36.7 Å². The molecule has 4 heteroatoms. The molecule has 1 aromatic heterocycles. The summed E-state index contributed by atoms with van der Waals surface area (Å²) in [5.74, 6) is -0.927. The fourth-order valence-electron chi connectivity index (χ4n) is 2.70. The fraction of sp³-hybridized carbons (Fsp3) is 0.250. The quantitative estimate of drug-likeness (QED) is 0.849. The zero-order chi connectivity index (χ0) is 14.1. The van der Waals surface area contributed by atoms with Crippen LogP contribution in [0.3, 0.4) is 0 Å². The van der Waals surface area contributed by atoms with Crippen LogP contribution in [-0.2, 0) is 17.8 Å². The van der Waals surface area contributed by atoms with Gasteiger partial charge in [-0.3, -0.25) is 4.98 Å². The normalized spacial score (nSPS) is 15.7. The number of pyridine rings is 1. The monoisotopic (exact) mass is 268 g/mol. The van der Waals surface area contributed by atoms with Gasteiger partial charge in [0.25, 0.3) is 0 Å². The van der Waals surface area contributed by atoms with Crippen molar-refractivity contribution in [1.29, 1.82) is 0 Å². The summed E-state index contributed by atoms with van der Waals surface area (Å²) in [6, 6.07) is 7.90. The molecule has 2 heterocycles. The standard InChI is InChI=1S/C16H16N2O2/c1-18-9-8-15-13(10-18)11(6-7-16(19)20)12-4-2-3-5-14(12)17-15/h2-7H,8-10H2,1H3,(H,19,20)/b7-6+. The summed E-state index contributed by atoms with van der Waals surface area (Å²) < 4.78 is 0. The van der Waals surface area contributed by atoms with Gasteiger partial charge in [-0.25, -0.2) is 4.79 Å². The van der Waals surface area contributed by atoms with E-state index in [0.717, 1.165) is 47.2 Å². The van der Waals surface area contributed by atoms with Crippen molar-refractivity contribution in [3.63, 3.8) is 0 Å². The molecule has 4 nitrogen and oxygen atoms in total. The highest BCUT2D eigenvalue weighted by atomic mass is 16.4. The number of benzene rings is 1. The van der Waals surface area contributed by atoms with Gasteiger partial charge >= 0.3 is 5.97 Å². The van der Waals surface area contributed by atoms with E-state index in [9.17, 15) is 4.79 Å². The molecule has 0 amide bonds. The summed E-state index contributed by atoms with van der Waals surface area (Å²) in [5, 5.41) is 9.90. The van der Waals surface area contributed by atoms with E-state index in [1.807, 2.05) is 24.3 Å². The zero-order valence-electron chi connectivity index (χ0n) is 11.3. The molecule has 2 aromatic rings. The summed E-state index contributed by atoms with van der Waals surface area (Å²) in [5.41, 5.74) is 4.15. The Hall–Kier alpha value is -2.20. The second kappa shape index (κ2) is 5.06. The highest BCUT2D eigenvalue weighted by Crippen LogP contribution is 2.28.